The summed E-state index contributed by atoms with van der Waals surface area (Å²) in [6, 6.07) is 21.3. The molecule has 2 aliphatic heterocycles. The highest BCUT2D eigenvalue weighted by Crippen LogP contribution is 2.35. The lowest BCUT2D eigenvalue weighted by Crippen LogP contribution is -2.54. The van der Waals surface area contributed by atoms with E-state index in [0.29, 0.717) is 56.9 Å². The lowest BCUT2D eigenvalue weighted by Gasteiger charge is -2.27. The van der Waals surface area contributed by atoms with Crippen LogP contribution in [0.2, 0.25) is 0 Å². The highest BCUT2D eigenvalue weighted by atomic mass is 16.6. The number of nitrogens with one attached hydrogen (secondary N) is 1. The predicted octanol–water partition coefficient (Wildman–Crippen LogP) is 4.63. The number of carbonyl (C=O) groups excluding carboxylic acids is 4. The van der Waals surface area contributed by atoms with Gasteiger partial charge in [-0.05, 0) is 85.0 Å². The number of rotatable bonds is 18. The lowest BCUT2D eigenvalue weighted by molar-refractivity contribution is -0.136. The van der Waals surface area contributed by atoms with Crippen molar-refractivity contribution in [3.8, 4) is 39.6 Å². The van der Waals surface area contributed by atoms with Gasteiger partial charge >= 0.3 is 0 Å². The molecule has 5 aromatic rings. The van der Waals surface area contributed by atoms with Gasteiger partial charge in [-0.15, -0.1) is 0 Å². The summed E-state index contributed by atoms with van der Waals surface area (Å²) < 4.78 is 30.3. The van der Waals surface area contributed by atoms with Gasteiger partial charge in [0.2, 0.25) is 11.8 Å². The summed E-state index contributed by atoms with van der Waals surface area (Å²) in [6.07, 6.45) is 7.23. The van der Waals surface area contributed by atoms with Crippen molar-refractivity contribution < 1.29 is 48.1 Å². The maximum absolute atomic E-state index is 13.0. The van der Waals surface area contributed by atoms with Crippen molar-refractivity contribution in [3.63, 3.8) is 0 Å². The molecule has 0 radical (unpaired) electrons. The van der Waals surface area contributed by atoms with Gasteiger partial charge in [0, 0.05) is 41.7 Å². The van der Waals surface area contributed by atoms with Gasteiger partial charge in [-0.3, -0.25) is 34.4 Å². The minimum Gasteiger partial charge on any atom is -0.491 e. The highest BCUT2D eigenvalue weighted by Gasteiger charge is 2.44. The zero-order valence-corrected chi connectivity index (χ0v) is 32.6. The van der Waals surface area contributed by atoms with Crippen molar-refractivity contribution in [2.24, 2.45) is 5.16 Å². The van der Waals surface area contributed by atoms with Gasteiger partial charge in [0.1, 0.15) is 36.4 Å². The van der Waals surface area contributed by atoms with Crippen molar-refractivity contribution in [2.45, 2.75) is 31.7 Å². The largest absolute Gasteiger partial charge is 0.491 e. The molecular formula is C44H42N6O10. The van der Waals surface area contributed by atoms with Crippen LogP contribution in [0.1, 0.15) is 51.1 Å². The molecule has 0 saturated carbocycles. The standard InChI is InChI=1S/C44H42N6O10/c51-40-12-11-39(42(52)46-40)50-43(53)35-9-7-33(26-36(35)44(50)54)60-24-22-58-20-18-56-17-19-57-21-23-59-32-5-3-31(4-6-32)49-27-37(41(47-49)28-13-15-45-16-14-28)30-1-8-34-29(25-30)2-10-38(34)48-55/h1,3-9,13-16,25-27,39,55H,2,10-12,17-24H2,(H,46,51,52)/b48-38+. The van der Waals surface area contributed by atoms with Crippen LogP contribution in [-0.4, -0.2) is 113 Å². The Morgan fingerprint density at radius 1 is 0.667 bits per heavy atom. The van der Waals surface area contributed by atoms with Crippen LogP contribution >= 0.6 is 0 Å². The zero-order valence-electron chi connectivity index (χ0n) is 32.6. The Morgan fingerprint density at radius 2 is 1.32 bits per heavy atom. The number of pyridine rings is 1. The summed E-state index contributed by atoms with van der Waals surface area (Å²) in [5, 5.41) is 20.0. The first kappa shape index (κ1) is 40.0. The average molecular weight is 815 g/mol. The number of oxime groups is 1. The van der Waals surface area contributed by atoms with Gasteiger partial charge in [0.25, 0.3) is 11.8 Å². The number of carbonyl (C=O) groups is 4. The Morgan fingerprint density at radius 3 is 2.02 bits per heavy atom. The fourth-order valence-corrected chi connectivity index (χ4v) is 7.40. The normalized spacial score (nSPS) is 16.6. The number of piperidine rings is 1. The molecule has 4 heterocycles. The molecule has 4 amide bonds. The molecule has 3 aliphatic rings. The van der Waals surface area contributed by atoms with Gasteiger partial charge in [-0.2, -0.15) is 5.10 Å². The van der Waals surface area contributed by atoms with Gasteiger partial charge < -0.3 is 28.9 Å². The molecule has 1 saturated heterocycles. The predicted molar refractivity (Wildman–Crippen MR) is 215 cm³/mol. The smallest absolute Gasteiger partial charge is 0.262 e. The van der Waals surface area contributed by atoms with Crippen LogP contribution in [0, 0.1) is 0 Å². The van der Waals surface area contributed by atoms with Crippen LogP contribution in [0.15, 0.2) is 96.5 Å². The third-order valence-electron chi connectivity index (χ3n) is 10.4. The molecule has 3 aromatic carbocycles. The Bertz CT molecular complexity index is 2420. The van der Waals surface area contributed by atoms with Crippen molar-refractivity contribution in [1.29, 1.82) is 0 Å². The summed E-state index contributed by atoms with van der Waals surface area (Å²) in [7, 11) is 0. The number of aryl methyl sites for hydroxylation is 1. The second-order valence-electron chi connectivity index (χ2n) is 14.2. The molecule has 16 heteroatoms. The molecule has 308 valence electrons. The van der Waals surface area contributed by atoms with Crippen LogP contribution in [0.4, 0.5) is 0 Å². The molecule has 1 fully saturated rings. The summed E-state index contributed by atoms with van der Waals surface area (Å²) in [4.78, 5) is 54.7. The molecule has 0 bridgehead atoms. The topological polar surface area (TPSA) is 193 Å². The first-order chi connectivity index (χ1) is 29.4. The van der Waals surface area contributed by atoms with Crippen LogP contribution in [0.25, 0.3) is 28.1 Å². The van der Waals surface area contributed by atoms with E-state index in [4.69, 9.17) is 28.8 Å². The molecular weight excluding hydrogens is 773 g/mol. The summed E-state index contributed by atoms with van der Waals surface area (Å²) in [6.45, 7) is 2.75. The number of hydrogen-bond donors (Lipinski definition) is 2. The molecule has 1 atom stereocenters. The van der Waals surface area contributed by atoms with E-state index in [0.717, 1.165) is 56.9 Å². The van der Waals surface area contributed by atoms with Crippen molar-refractivity contribution >= 4 is 29.3 Å². The number of nitrogens with zero attached hydrogens (tertiary/aromatic N) is 5. The Hall–Kier alpha value is -6.75. The maximum atomic E-state index is 13.0. The summed E-state index contributed by atoms with van der Waals surface area (Å²) >= 11 is 0. The van der Waals surface area contributed by atoms with Gasteiger partial charge in [0.05, 0.1) is 62.2 Å². The zero-order chi connectivity index (χ0) is 41.4. The van der Waals surface area contributed by atoms with E-state index in [1.807, 2.05) is 59.4 Å². The van der Waals surface area contributed by atoms with Crippen molar-refractivity contribution in [3.05, 3.63) is 114 Å². The fraction of sp³-hybridized carbons (Fsp3) is 0.295. The number of imide groups is 2. The van der Waals surface area contributed by atoms with E-state index in [-0.39, 0.29) is 37.2 Å². The number of amides is 4. The SMILES string of the molecule is O=C1CCC(N2C(=O)c3ccc(OCCOCCOCCOCCOc4ccc(-n5cc(-c6ccc7c(c6)CC/C7=N\O)c(-c6ccncc6)n5)cc4)cc3C2=O)C(=O)N1. The van der Waals surface area contributed by atoms with E-state index < -0.39 is 29.7 Å². The van der Waals surface area contributed by atoms with E-state index in [9.17, 15) is 24.4 Å². The first-order valence-electron chi connectivity index (χ1n) is 19.7. The molecule has 60 heavy (non-hydrogen) atoms. The van der Waals surface area contributed by atoms with Crippen LogP contribution < -0.4 is 14.8 Å². The average Bonchev–Trinajstić information content (AvgIpc) is 3.97. The molecule has 1 unspecified atom stereocenters. The van der Waals surface area contributed by atoms with Gasteiger partial charge in [-0.25, -0.2) is 4.68 Å². The molecule has 2 N–H and O–H groups in total. The minimum atomic E-state index is -1.02. The first-order valence-corrected chi connectivity index (χ1v) is 19.7. The maximum Gasteiger partial charge on any atom is 0.262 e. The number of hydrogen-bond acceptors (Lipinski definition) is 13. The summed E-state index contributed by atoms with van der Waals surface area (Å²) in [5.41, 5.74) is 7.87. The lowest BCUT2D eigenvalue weighted by atomic mass is 9.98. The van der Waals surface area contributed by atoms with Crippen molar-refractivity contribution in [1.82, 2.24) is 25.0 Å². The van der Waals surface area contributed by atoms with E-state index in [1.54, 1.807) is 18.5 Å². The van der Waals surface area contributed by atoms with E-state index in [1.165, 1.54) is 12.1 Å². The Balaban J connectivity index is 0.713. The van der Waals surface area contributed by atoms with E-state index >= 15 is 0 Å². The van der Waals surface area contributed by atoms with E-state index in [2.05, 4.69) is 21.5 Å². The molecule has 1 aliphatic carbocycles. The molecule has 0 spiro atoms. The highest BCUT2D eigenvalue weighted by molar-refractivity contribution is 6.23. The van der Waals surface area contributed by atoms with Crippen LogP contribution in [0.3, 0.4) is 0 Å². The monoisotopic (exact) mass is 814 g/mol. The summed E-state index contributed by atoms with van der Waals surface area (Å²) in [5.74, 6) is -1.14. The third kappa shape index (κ3) is 8.80. The molecule has 16 nitrogen and oxygen atoms in total. The third-order valence-corrected chi connectivity index (χ3v) is 10.4. The van der Waals surface area contributed by atoms with Crippen LogP contribution in [0.5, 0.6) is 11.5 Å². The molecule has 2 aromatic heterocycles. The Labute approximate surface area is 344 Å². The van der Waals surface area contributed by atoms with Crippen LogP contribution in [-0.2, 0) is 30.2 Å². The van der Waals surface area contributed by atoms with Gasteiger partial charge in [0.15, 0.2) is 0 Å². The molecule has 8 rings (SSSR count). The quantitative estimate of drug-likeness (QED) is 0.0540. The number of benzene rings is 3. The number of fused-ring (bicyclic) bond motifs is 2. The second-order valence-corrected chi connectivity index (χ2v) is 14.2. The Kier molecular flexibility index (Phi) is 12.3. The van der Waals surface area contributed by atoms with Crippen molar-refractivity contribution in [2.75, 3.05) is 52.9 Å². The number of aromatic nitrogens is 3. The number of ether oxygens (including phenoxy) is 5. The van der Waals surface area contributed by atoms with Gasteiger partial charge in [-0.1, -0.05) is 23.4 Å². The fourth-order valence-electron chi connectivity index (χ4n) is 7.40. The minimum absolute atomic E-state index is 0.0566. The second kappa shape index (κ2) is 18.4.